The topological polar surface area (TPSA) is 17.8 Å². The van der Waals surface area contributed by atoms with E-state index in [-0.39, 0.29) is 0 Å². The lowest BCUT2D eigenvalue weighted by molar-refractivity contribution is 0.402. The van der Waals surface area contributed by atoms with Gasteiger partial charge in [0, 0.05) is 18.7 Å². The van der Waals surface area contributed by atoms with Crippen LogP contribution in [0.3, 0.4) is 0 Å². The van der Waals surface area contributed by atoms with E-state index >= 15 is 0 Å². The zero-order chi connectivity index (χ0) is 7.84. The first-order valence-electron chi connectivity index (χ1n) is 3.96. The van der Waals surface area contributed by atoms with Gasteiger partial charge in [-0.3, -0.25) is 0 Å². The summed E-state index contributed by atoms with van der Waals surface area (Å²) in [6.07, 6.45) is 5.85. The molecule has 0 bridgehead atoms. The number of hydrogen-bond acceptors (Lipinski definition) is 1. The average Bonchev–Trinajstić information content (AvgIpc) is 2.15. The lowest BCUT2D eigenvalue weighted by atomic mass is 9.83. The highest BCUT2D eigenvalue weighted by molar-refractivity contribution is 6.28. The lowest BCUT2D eigenvalue weighted by Gasteiger charge is -2.25. The Balaban J connectivity index is 2.29. The van der Waals surface area contributed by atoms with Crippen LogP contribution in [-0.2, 0) is 7.05 Å². The Morgan fingerprint density at radius 3 is 2.73 bits per heavy atom. The molecular formula is C8H11ClN2. The van der Waals surface area contributed by atoms with Gasteiger partial charge in [0.25, 0.3) is 0 Å². The van der Waals surface area contributed by atoms with Crippen molar-refractivity contribution in [1.82, 2.24) is 9.55 Å². The van der Waals surface area contributed by atoms with E-state index in [4.69, 9.17) is 11.6 Å². The molecule has 1 heterocycles. The molecule has 1 aromatic heterocycles. The zero-order valence-electron chi connectivity index (χ0n) is 6.55. The minimum atomic E-state index is 0.604. The monoisotopic (exact) mass is 170 g/mol. The minimum absolute atomic E-state index is 0.604. The van der Waals surface area contributed by atoms with Crippen LogP contribution in [0.15, 0.2) is 6.20 Å². The SMILES string of the molecule is Cn1c(C2CCC2)cnc1Cl. The molecule has 1 aliphatic rings. The van der Waals surface area contributed by atoms with Crippen LogP contribution >= 0.6 is 11.6 Å². The molecule has 1 aromatic rings. The molecule has 0 N–H and O–H groups in total. The molecule has 1 saturated carbocycles. The molecule has 0 atom stereocenters. The number of nitrogens with zero attached hydrogens (tertiary/aromatic N) is 2. The third kappa shape index (κ3) is 1.06. The highest BCUT2D eigenvalue weighted by atomic mass is 35.5. The Bertz CT molecular complexity index is 263. The van der Waals surface area contributed by atoms with E-state index in [1.165, 1.54) is 25.0 Å². The summed E-state index contributed by atoms with van der Waals surface area (Å²) in [6, 6.07) is 0. The van der Waals surface area contributed by atoms with Gasteiger partial charge in [0.05, 0.1) is 6.20 Å². The van der Waals surface area contributed by atoms with Crippen molar-refractivity contribution in [2.24, 2.45) is 7.05 Å². The Morgan fingerprint density at radius 1 is 1.64 bits per heavy atom. The van der Waals surface area contributed by atoms with Crippen molar-refractivity contribution in [2.75, 3.05) is 0 Å². The summed E-state index contributed by atoms with van der Waals surface area (Å²) in [7, 11) is 1.98. The van der Waals surface area contributed by atoms with Crippen molar-refractivity contribution < 1.29 is 0 Å². The Kier molecular flexibility index (Phi) is 1.64. The fraction of sp³-hybridized carbons (Fsp3) is 0.625. The van der Waals surface area contributed by atoms with E-state index in [0.717, 1.165) is 5.92 Å². The number of imidazole rings is 1. The van der Waals surface area contributed by atoms with Crippen molar-refractivity contribution in [1.29, 1.82) is 0 Å². The molecule has 60 valence electrons. The normalized spacial score (nSPS) is 18.4. The number of halogens is 1. The van der Waals surface area contributed by atoms with E-state index in [0.29, 0.717) is 5.28 Å². The van der Waals surface area contributed by atoms with Gasteiger partial charge in [-0.2, -0.15) is 0 Å². The first-order chi connectivity index (χ1) is 5.29. The van der Waals surface area contributed by atoms with Crippen molar-refractivity contribution in [3.05, 3.63) is 17.2 Å². The van der Waals surface area contributed by atoms with Crippen molar-refractivity contribution in [3.8, 4) is 0 Å². The van der Waals surface area contributed by atoms with Crippen LogP contribution in [0.4, 0.5) is 0 Å². The van der Waals surface area contributed by atoms with Gasteiger partial charge in [-0.15, -0.1) is 0 Å². The van der Waals surface area contributed by atoms with Gasteiger partial charge < -0.3 is 4.57 Å². The Morgan fingerprint density at radius 2 is 2.36 bits per heavy atom. The molecule has 0 radical (unpaired) electrons. The maximum Gasteiger partial charge on any atom is 0.202 e. The highest BCUT2D eigenvalue weighted by Crippen LogP contribution is 2.36. The smallest absolute Gasteiger partial charge is 0.202 e. The Labute approximate surface area is 71.2 Å². The number of rotatable bonds is 1. The minimum Gasteiger partial charge on any atom is -0.322 e. The average molecular weight is 171 g/mol. The third-order valence-electron chi connectivity index (χ3n) is 2.49. The summed E-state index contributed by atoms with van der Waals surface area (Å²) < 4.78 is 1.98. The second-order valence-corrected chi connectivity index (χ2v) is 3.48. The fourth-order valence-corrected chi connectivity index (χ4v) is 1.63. The van der Waals surface area contributed by atoms with Crippen LogP contribution in [0.1, 0.15) is 30.9 Å². The first-order valence-corrected chi connectivity index (χ1v) is 4.34. The van der Waals surface area contributed by atoms with Crippen molar-refractivity contribution in [3.63, 3.8) is 0 Å². The molecule has 3 heteroatoms. The van der Waals surface area contributed by atoms with Crippen LogP contribution in [0.5, 0.6) is 0 Å². The van der Waals surface area contributed by atoms with Crippen LogP contribution in [0, 0.1) is 0 Å². The largest absolute Gasteiger partial charge is 0.322 e. The van der Waals surface area contributed by atoms with Crippen LogP contribution in [0.25, 0.3) is 0 Å². The summed E-state index contributed by atoms with van der Waals surface area (Å²) >= 11 is 5.81. The van der Waals surface area contributed by atoms with E-state index in [2.05, 4.69) is 4.98 Å². The molecule has 1 aliphatic carbocycles. The quantitative estimate of drug-likeness (QED) is 0.633. The van der Waals surface area contributed by atoms with Gasteiger partial charge in [0.1, 0.15) is 0 Å². The summed E-state index contributed by atoms with van der Waals surface area (Å²) in [5, 5.41) is 0.604. The standard InChI is InChI=1S/C8H11ClN2/c1-11-7(5-10-8(11)9)6-3-2-4-6/h5-6H,2-4H2,1H3. The number of hydrogen-bond donors (Lipinski definition) is 0. The summed E-state index contributed by atoms with van der Waals surface area (Å²) in [5.41, 5.74) is 1.29. The molecule has 0 aliphatic heterocycles. The molecule has 0 saturated heterocycles. The molecule has 0 aromatic carbocycles. The predicted octanol–water partition coefficient (Wildman–Crippen LogP) is 2.34. The van der Waals surface area contributed by atoms with E-state index in [1.807, 2.05) is 17.8 Å². The maximum atomic E-state index is 5.81. The molecular weight excluding hydrogens is 160 g/mol. The van der Waals surface area contributed by atoms with Gasteiger partial charge in [-0.25, -0.2) is 4.98 Å². The summed E-state index contributed by atoms with van der Waals surface area (Å²) in [5.74, 6) is 0.722. The molecule has 11 heavy (non-hydrogen) atoms. The second kappa shape index (κ2) is 2.52. The van der Waals surface area contributed by atoms with Crippen molar-refractivity contribution in [2.45, 2.75) is 25.2 Å². The molecule has 1 fully saturated rings. The Hall–Kier alpha value is -0.500. The van der Waals surface area contributed by atoms with Gasteiger partial charge in [0.2, 0.25) is 5.28 Å². The van der Waals surface area contributed by atoms with Gasteiger partial charge in [-0.1, -0.05) is 6.42 Å². The van der Waals surface area contributed by atoms with Crippen LogP contribution < -0.4 is 0 Å². The molecule has 2 nitrogen and oxygen atoms in total. The molecule has 0 amide bonds. The molecule has 0 spiro atoms. The molecule has 2 rings (SSSR count). The van der Waals surface area contributed by atoms with Crippen LogP contribution in [-0.4, -0.2) is 9.55 Å². The van der Waals surface area contributed by atoms with E-state index in [9.17, 15) is 0 Å². The summed E-state index contributed by atoms with van der Waals surface area (Å²) in [6.45, 7) is 0. The van der Waals surface area contributed by atoms with Crippen LogP contribution in [0.2, 0.25) is 5.28 Å². The highest BCUT2D eigenvalue weighted by Gasteiger charge is 2.22. The zero-order valence-corrected chi connectivity index (χ0v) is 7.30. The first kappa shape index (κ1) is 7.17. The van der Waals surface area contributed by atoms with Gasteiger partial charge >= 0.3 is 0 Å². The molecule has 0 unspecified atom stereocenters. The second-order valence-electron chi connectivity index (χ2n) is 3.14. The maximum absolute atomic E-state index is 5.81. The predicted molar refractivity (Wildman–Crippen MR) is 44.8 cm³/mol. The van der Waals surface area contributed by atoms with E-state index in [1.54, 1.807) is 0 Å². The third-order valence-corrected chi connectivity index (χ3v) is 2.84. The van der Waals surface area contributed by atoms with Gasteiger partial charge in [0.15, 0.2) is 0 Å². The fourth-order valence-electron chi connectivity index (χ4n) is 1.48. The summed E-state index contributed by atoms with van der Waals surface area (Å²) in [4.78, 5) is 4.05. The van der Waals surface area contributed by atoms with Crippen molar-refractivity contribution >= 4 is 11.6 Å². The van der Waals surface area contributed by atoms with Gasteiger partial charge in [-0.05, 0) is 24.4 Å². The number of aromatic nitrogens is 2. The van der Waals surface area contributed by atoms with E-state index < -0.39 is 0 Å². The lowest BCUT2D eigenvalue weighted by Crippen LogP contribution is -2.12.